The SMILES string of the molecule is C.C.CC(C)(C)N1C2CCC1CC(F)(F)C2.CC(C)(C)N1CC2C(C1)C2(F)F.CC(C)(C)N1CCC2(CC2)C1.CC(C)N1C2CCC(OC2)C1C(F)(F)F.CC(C)N1CC(C(F)(F)F)C1.CC(C)N1CC2CC2C1C.CC(C)N1CCC12CC(C)(F)C2.CC1CCN1C(C)(C)C.CC1CN(C(C)(C)C)CC12CC2.CN1CCC1(F)F. The second-order valence-corrected chi connectivity index (χ2v) is 44.8. The maximum absolute atomic E-state index is 13.3. The number of hydrogen-bond acceptors (Lipinski definition) is 11. The summed E-state index contributed by atoms with van der Waals surface area (Å²) in [4.78, 5) is 21.8. The minimum atomic E-state index is -4.17. The summed E-state index contributed by atoms with van der Waals surface area (Å²) in [5, 5.41) is 0. The van der Waals surface area contributed by atoms with Gasteiger partial charge in [-0.1, -0.05) is 21.8 Å². The molecule has 13 aliphatic heterocycles. The van der Waals surface area contributed by atoms with Crippen molar-refractivity contribution in [3.8, 4) is 0 Å². The molecule has 11 nitrogen and oxygen atoms in total. The molecule has 0 amide bonds. The van der Waals surface area contributed by atoms with Gasteiger partial charge in [0.2, 0.25) is 0 Å². The maximum Gasteiger partial charge on any atom is 0.406 e. The van der Waals surface area contributed by atoms with E-state index in [1.165, 1.54) is 104 Å². The average molecular weight is 1670 g/mol. The van der Waals surface area contributed by atoms with E-state index in [1.807, 2.05) is 32.6 Å². The summed E-state index contributed by atoms with van der Waals surface area (Å²) >= 11 is 0. The smallest absolute Gasteiger partial charge is 0.375 e. The zero-order chi connectivity index (χ0) is 85.5. The molecular weight excluding hydrogens is 1500 g/mol. The fourth-order valence-electron chi connectivity index (χ4n) is 21.3. The van der Waals surface area contributed by atoms with E-state index in [-0.39, 0.29) is 106 Å². The molecule has 0 aromatic carbocycles. The van der Waals surface area contributed by atoms with Crippen molar-refractivity contribution >= 4 is 0 Å². The number of piperidine rings is 4. The highest BCUT2D eigenvalue weighted by Crippen LogP contribution is 2.61. The van der Waals surface area contributed by atoms with Gasteiger partial charge in [-0.05, 0) is 312 Å². The predicted octanol–water partition coefficient (Wildman–Crippen LogP) is 22.1. The minimum Gasteiger partial charge on any atom is -0.375 e. The van der Waals surface area contributed by atoms with Crippen molar-refractivity contribution in [1.29, 1.82) is 0 Å². The molecular formula is C91H169F13N10O. The Balaban J connectivity index is 0.000000199. The van der Waals surface area contributed by atoms with Crippen LogP contribution in [0.1, 0.15) is 311 Å². The van der Waals surface area contributed by atoms with Gasteiger partial charge >= 0.3 is 18.4 Å². The highest BCUT2D eigenvalue weighted by Gasteiger charge is 2.72. The molecule has 0 N–H and O–H groups in total. The van der Waals surface area contributed by atoms with Gasteiger partial charge in [0.25, 0.3) is 11.8 Å². The summed E-state index contributed by atoms with van der Waals surface area (Å²) in [6.45, 7) is 70.5. The van der Waals surface area contributed by atoms with Crippen molar-refractivity contribution < 1.29 is 61.8 Å². The van der Waals surface area contributed by atoms with Crippen molar-refractivity contribution in [2.24, 2.45) is 46.3 Å². The third kappa shape index (κ3) is 25.9. The minimum absolute atomic E-state index is 0. The predicted molar refractivity (Wildman–Crippen MR) is 448 cm³/mol. The van der Waals surface area contributed by atoms with E-state index < -0.39 is 54.0 Å². The van der Waals surface area contributed by atoms with Gasteiger partial charge in [-0.2, -0.15) is 35.1 Å². The van der Waals surface area contributed by atoms with Crippen LogP contribution in [-0.2, 0) is 4.74 Å². The molecule has 18 rings (SSSR count). The van der Waals surface area contributed by atoms with Crippen molar-refractivity contribution in [1.82, 2.24) is 49.0 Å². The molecule has 4 bridgehead atoms. The number of rotatable bonds is 4. The lowest BCUT2D eigenvalue weighted by Gasteiger charge is -2.64. The molecule has 5 aliphatic carbocycles. The first kappa shape index (κ1) is 102. The van der Waals surface area contributed by atoms with Crippen molar-refractivity contribution in [2.45, 2.75) is 447 Å². The molecule has 0 radical (unpaired) electrons. The van der Waals surface area contributed by atoms with Gasteiger partial charge in [0.1, 0.15) is 11.7 Å². The maximum atomic E-state index is 13.3. The van der Waals surface area contributed by atoms with E-state index in [2.05, 4.69) is 187 Å². The number of ether oxygens (including phenoxy) is 1. The Bertz CT molecular complexity index is 2940. The van der Waals surface area contributed by atoms with Gasteiger partial charge in [0, 0.05) is 191 Å². The summed E-state index contributed by atoms with van der Waals surface area (Å²) in [6, 6.07) is -0.478. The van der Waals surface area contributed by atoms with Gasteiger partial charge in [-0.25, -0.2) is 26.9 Å². The first-order chi connectivity index (χ1) is 51.2. The average Bonchev–Trinajstić information content (AvgIpc) is 1.69. The molecule has 13 saturated heterocycles. The van der Waals surface area contributed by atoms with E-state index >= 15 is 0 Å². The number of alkyl halides is 13. The van der Waals surface area contributed by atoms with Gasteiger partial charge in [-0.15, -0.1) is 0 Å². The Morgan fingerprint density at radius 3 is 1.24 bits per heavy atom. The molecule has 24 heteroatoms. The highest BCUT2D eigenvalue weighted by atomic mass is 19.4. The third-order valence-corrected chi connectivity index (χ3v) is 29.4. The van der Waals surface area contributed by atoms with Crippen molar-refractivity contribution in [3.05, 3.63) is 0 Å². The Hall–Kier alpha value is -1.35. The summed E-state index contributed by atoms with van der Waals surface area (Å²) < 4.78 is 169. The van der Waals surface area contributed by atoms with Crippen molar-refractivity contribution in [2.75, 3.05) is 92.2 Å². The van der Waals surface area contributed by atoms with Crippen LogP contribution >= 0.6 is 0 Å². The van der Waals surface area contributed by atoms with Crippen LogP contribution in [0.2, 0.25) is 0 Å². The van der Waals surface area contributed by atoms with Crippen LogP contribution in [0.4, 0.5) is 57.1 Å². The van der Waals surface area contributed by atoms with Gasteiger partial charge in [0.15, 0.2) is 0 Å². The normalized spacial score (nSPS) is 33.7. The van der Waals surface area contributed by atoms with Crippen LogP contribution in [0.15, 0.2) is 0 Å². The molecule has 0 aromatic heterocycles. The fourth-order valence-corrected chi connectivity index (χ4v) is 21.3. The first-order valence-corrected chi connectivity index (χ1v) is 44.3. The van der Waals surface area contributed by atoms with Crippen LogP contribution in [0, 0.1) is 46.3 Å². The number of halogens is 13. The molecule has 18 aliphatic rings. The van der Waals surface area contributed by atoms with Gasteiger partial charge in [0.05, 0.1) is 18.6 Å². The van der Waals surface area contributed by atoms with E-state index in [9.17, 15) is 57.1 Å². The Morgan fingerprint density at radius 1 is 0.478 bits per heavy atom. The standard InChI is InChI=1S/C11H19F2N.C11H21N.C10H16F3NO.C10H18FN.C10H19N.C9H15F2N.C9H17N.C8H17N.C7H12F3N.C4H7F2N.2CH4/c1-10(2,3)14-8-4-5-9(14)7-11(12,13)6-8;1-9-7-12(10(2,3)4)8-11(9)5-6-11;1-6(2)14-7-3-4-8(15-5-7)9(14)10(11,12)13;1-8(2)12-5-4-10(12)6-9(3,11)7-10;1-9(2,3)11-7-6-10(8-11)4-5-10;1-8(2,3)12-4-6-7(5-12)9(6,10)11;1-6(2)10-5-8-4-9(8)7(10)3;1-7-5-6-9(7)8(2,3)4;1-5(2)11-3-6(4-11)7(8,9)10;1-7-3-2-4(7,5)6;;/h8-9H,4-7H2,1-3H3;9H,5-8H2,1-4H3;6-9H,3-5H2,1-2H3;8H,4-7H2,1-3H3;4-8H2,1-3H3;6-7H,4-5H2,1-3H3;6-9H,4-5H2,1-3H3;7H,5-6H2,1-4H3;5-6H,3-4H2,1-2H3;2-3H2,1H3;2*1H4. The molecule has 0 aromatic rings. The van der Waals surface area contributed by atoms with Crippen LogP contribution in [-0.4, -0.2) is 277 Å². The summed E-state index contributed by atoms with van der Waals surface area (Å²) in [5.74, 6) is -3.40. The van der Waals surface area contributed by atoms with Gasteiger partial charge in [-0.3, -0.25) is 44.1 Å². The number of likely N-dealkylation sites (tertiary alicyclic amines) is 8. The molecule has 3 spiro atoms. The second-order valence-electron chi connectivity index (χ2n) is 44.8. The first-order valence-electron chi connectivity index (χ1n) is 44.3. The zero-order valence-corrected chi connectivity index (χ0v) is 75.8. The quantitative estimate of drug-likeness (QED) is 0.200. The Morgan fingerprint density at radius 2 is 0.991 bits per heavy atom. The summed E-state index contributed by atoms with van der Waals surface area (Å²) in [5.41, 5.74) is 2.27. The Kier molecular flexibility index (Phi) is 33.0. The molecule has 12 unspecified atom stereocenters. The number of morpholine rings is 1. The zero-order valence-electron chi connectivity index (χ0n) is 75.8. The topological polar surface area (TPSA) is 41.6 Å². The van der Waals surface area contributed by atoms with E-state index in [4.69, 9.17) is 4.74 Å². The molecule has 5 saturated carbocycles. The van der Waals surface area contributed by atoms with Crippen LogP contribution in [0.3, 0.4) is 0 Å². The van der Waals surface area contributed by atoms with Crippen molar-refractivity contribution in [3.63, 3.8) is 0 Å². The number of nitrogens with zero attached hydrogens (tertiary/aromatic N) is 10. The van der Waals surface area contributed by atoms with E-state index in [1.54, 1.807) is 11.8 Å². The second kappa shape index (κ2) is 37.1. The molecule has 12 atom stereocenters. The molecule has 115 heavy (non-hydrogen) atoms. The number of fused-ring (bicyclic) bond motifs is 7. The number of hydrogen-bond donors (Lipinski definition) is 0. The highest BCUT2D eigenvalue weighted by molar-refractivity contribution is 5.16. The van der Waals surface area contributed by atoms with E-state index in [0.717, 1.165) is 83.7 Å². The molecule has 18 fully saturated rings. The largest absolute Gasteiger partial charge is 0.406 e. The van der Waals surface area contributed by atoms with E-state index in [0.29, 0.717) is 55.3 Å². The lowest BCUT2D eigenvalue weighted by molar-refractivity contribution is -0.268. The third-order valence-electron chi connectivity index (χ3n) is 29.4. The Labute approximate surface area is 692 Å². The fraction of sp³-hybridized carbons (Fsp3) is 1.00. The van der Waals surface area contributed by atoms with Gasteiger partial charge < -0.3 is 4.74 Å². The summed E-state index contributed by atoms with van der Waals surface area (Å²) in [7, 11) is 1.42. The molecule has 13 heterocycles. The van der Waals surface area contributed by atoms with Crippen LogP contribution < -0.4 is 0 Å². The van der Waals surface area contributed by atoms with Crippen LogP contribution in [0.5, 0.6) is 0 Å². The van der Waals surface area contributed by atoms with Crippen LogP contribution in [0.25, 0.3) is 0 Å². The summed E-state index contributed by atoms with van der Waals surface area (Å²) in [6.07, 6.45) is 7.72. The lowest BCUT2D eigenvalue weighted by Crippen LogP contribution is -2.71. The lowest BCUT2D eigenvalue weighted by atomic mass is 9.60. The molecule has 680 valence electrons. The monoisotopic (exact) mass is 1670 g/mol.